The molecule has 1 heterocycles. The molecule has 0 aliphatic carbocycles. The van der Waals surface area contributed by atoms with Gasteiger partial charge in [0.1, 0.15) is 0 Å². The summed E-state index contributed by atoms with van der Waals surface area (Å²) in [5.74, 6) is 2.09. The van der Waals surface area contributed by atoms with Gasteiger partial charge in [0.05, 0.1) is 6.04 Å². The van der Waals surface area contributed by atoms with Crippen molar-refractivity contribution < 1.29 is 0 Å². The van der Waals surface area contributed by atoms with Crippen LogP contribution in [0.3, 0.4) is 0 Å². The fourth-order valence-corrected chi connectivity index (χ4v) is 3.92. The SMILES string of the molecule is CC(C)C(CNC(CN)c1ccc(C(C)(C)C)s1)C(C)C. The topological polar surface area (TPSA) is 38.0 Å². The van der Waals surface area contributed by atoms with E-state index in [2.05, 4.69) is 65.9 Å². The van der Waals surface area contributed by atoms with Crippen LogP contribution in [0.5, 0.6) is 0 Å². The molecule has 21 heavy (non-hydrogen) atoms. The van der Waals surface area contributed by atoms with Crippen LogP contribution in [0.1, 0.15) is 64.3 Å². The van der Waals surface area contributed by atoms with Crippen LogP contribution in [-0.2, 0) is 5.41 Å². The molecule has 0 amide bonds. The average Bonchev–Trinajstić information content (AvgIpc) is 2.82. The molecule has 0 fully saturated rings. The standard InChI is InChI=1S/C18H34N2S/c1-12(2)14(13(3)4)11-20-15(10-19)16-8-9-17(21-16)18(5,6)7/h8-9,12-15,20H,10-11,19H2,1-7H3. The highest BCUT2D eigenvalue weighted by molar-refractivity contribution is 7.12. The van der Waals surface area contributed by atoms with Gasteiger partial charge < -0.3 is 11.1 Å². The lowest BCUT2D eigenvalue weighted by Crippen LogP contribution is -2.35. The summed E-state index contributed by atoms with van der Waals surface area (Å²) in [5.41, 5.74) is 6.23. The van der Waals surface area contributed by atoms with Crippen molar-refractivity contribution in [1.82, 2.24) is 5.32 Å². The Morgan fingerprint density at radius 3 is 2.05 bits per heavy atom. The Hall–Kier alpha value is -0.380. The molecule has 122 valence electrons. The molecule has 3 N–H and O–H groups in total. The van der Waals surface area contributed by atoms with Crippen molar-refractivity contribution in [3.8, 4) is 0 Å². The lowest BCUT2D eigenvalue weighted by Gasteiger charge is -2.27. The van der Waals surface area contributed by atoms with Crippen molar-refractivity contribution in [2.75, 3.05) is 13.1 Å². The molecule has 3 heteroatoms. The Kier molecular flexibility index (Phi) is 6.89. The fourth-order valence-electron chi connectivity index (χ4n) is 2.76. The summed E-state index contributed by atoms with van der Waals surface area (Å²) in [7, 11) is 0. The molecule has 0 saturated heterocycles. The molecular formula is C18H34N2S. The maximum atomic E-state index is 6.01. The summed E-state index contributed by atoms with van der Waals surface area (Å²) >= 11 is 1.90. The van der Waals surface area contributed by atoms with E-state index in [0.717, 1.165) is 6.54 Å². The largest absolute Gasteiger partial charge is 0.329 e. The van der Waals surface area contributed by atoms with Crippen LogP contribution in [-0.4, -0.2) is 13.1 Å². The van der Waals surface area contributed by atoms with Gasteiger partial charge >= 0.3 is 0 Å². The molecule has 1 aromatic rings. The summed E-state index contributed by atoms with van der Waals surface area (Å²) in [4.78, 5) is 2.80. The molecular weight excluding hydrogens is 276 g/mol. The van der Waals surface area contributed by atoms with Crippen LogP contribution in [0.15, 0.2) is 12.1 Å². The molecule has 0 spiro atoms. The molecule has 1 rings (SSSR count). The summed E-state index contributed by atoms with van der Waals surface area (Å²) in [6, 6.07) is 4.79. The third kappa shape index (κ3) is 5.39. The lowest BCUT2D eigenvalue weighted by atomic mass is 9.85. The highest BCUT2D eigenvalue weighted by atomic mass is 32.1. The van der Waals surface area contributed by atoms with Gasteiger partial charge in [0.2, 0.25) is 0 Å². The number of nitrogens with two attached hydrogens (primary N) is 1. The number of nitrogens with one attached hydrogen (secondary N) is 1. The Labute approximate surface area is 135 Å². The smallest absolute Gasteiger partial charge is 0.0539 e. The molecule has 0 aliphatic rings. The van der Waals surface area contributed by atoms with Crippen LogP contribution >= 0.6 is 11.3 Å². The molecule has 0 radical (unpaired) electrons. The maximum absolute atomic E-state index is 6.01. The van der Waals surface area contributed by atoms with Crippen LogP contribution in [0.2, 0.25) is 0 Å². The van der Waals surface area contributed by atoms with Crippen molar-refractivity contribution in [1.29, 1.82) is 0 Å². The van der Waals surface area contributed by atoms with E-state index < -0.39 is 0 Å². The first-order chi connectivity index (χ1) is 9.66. The monoisotopic (exact) mass is 310 g/mol. The molecule has 0 saturated carbocycles. The normalized spacial score (nSPS) is 14.4. The van der Waals surface area contributed by atoms with Crippen LogP contribution < -0.4 is 11.1 Å². The second kappa shape index (κ2) is 7.75. The average molecular weight is 311 g/mol. The zero-order valence-electron chi connectivity index (χ0n) is 14.9. The summed E-state index contributed by atoms with van der Waals surface area (Å²) in [6.45, 7) is 17.7. The predicted molar refractivity (Wildman–Crippen MR) is 96.0 cm³/mol. The zero-order chi connectivity index (χ0) is 16.2. The van der Waals surface area contributed by atoms with Gasteiger partial charge in [-0.1, -0.05) is 48.5 Å². The van der Waals surface area contributed by atoms with Crippen molar-refractivity contribution in [2.24, 2.45) is 23.5 Å². The second-order valence-electron chi connectivity index (χ2n) is 7.80. The van der Waals surface area contributed by atoms with E-state index in [1.54, 1.807) is 0 Å². The van der Waals surface area contributed by atoms with Gasteiger partial charge in [-0.05, 0) is 41.8 Å². The van der Waals surface area contributed by atoms with Crippen LogP contribution in [0.25, 0.3) is 0 Å². The second-order valence-corrected chi connectivity index (χ2v) is 8.92. The molecule has 1 unspecified atom stereocenters. The van der Waals surface area contributed by atoms with Crippen LogP contribution in [0, 0.1) is 17.8 Å². The van der Waals surface area contributed by atoms with Gasteiger partial charge in [-0.15, -0.1) is 11.3 Å². The molecule has 0 bridgehead atoms. The first kappa shape index (κ1) is 18.7. The predicted octanol–water partition coefficient (Wildman–Crippen LogP) is 4.56. The van der Waals surface area contributed by atoms with Crippen molar-refractivity contribution in [2.45, 2.75) is 59.9 Å². The molecule has 2 nitrogen and oxygen atoms in total. The molecule has 0 aromatic carbocycles. The van der Waals surface area contributed by atoms with Gasteiger partial charge in [0.15, 0.2) is 0 Å². The number of hydrogen-bond donors (Lipinski definition) is 2. The summed E-state index contributed by atoms with van der Waals surface area (Å²) in [5, 5.41) is 3.70. The Balaban J connectivity index is 2.73. The van der Waals surface area contributed by atoms with Crippen molar-refractivity contribution >= 4 is 11.3 Å². The van der Waals surface area contributed by atoms with Crippen molar-refractivity contribution in [3.63, 3.8) is 0 Å². The Morgan fingerprint density at radius 2 is 1.67 bits per heavy atom. The zero-order valence-corrected chi connectivity index (χ0v) is 15.7. The van der Waals surface area contributed by atoms with E-state index in [1.165, 1.54) is 9.75 Å². The quantitative estimate of drug-likeness (QED) is 0.774. The summed E-state index contributed by atoms with van der Waals surface area (Å²) in [6.07, 6.45) is 0. The Morgan fingerprint density at radius 1 is 1.10 bits per heavy atom. The van der Waals surface area contributed by atoms with E-state index in [4.69, 9.17) is 5.73 Å². The number of thiophene rings is 1. The van der Waals surface area contributed by atoms with Crippen LogP contribution in [0.4, 0.5) is 0 Å². The third-order valence-corrected chi connectivity index (χ3v) is 5.88. The van der Waals surface area contributed by atoms with Gasteiger partial charge in [0, 0.05) is 16.3 Å². The lowest BCUT2D eigenvalue weighted by molar-refractivity contribution is 0.267. The highest BCUT2D eigenvalue weighted by Gasteiger charge is 2.22. The molecule has 1 atom stereocenters. The van der Waals surface area contributed by atoms with Gasteiger partial charge in [-0.25, -0.2) is 0 Å². The maximum Gasteiger partial charge on any atom is 0.0539 e. The van der Waals surface area contributed by atoms with E-state index >= 15 is 0 Å². The molecule has 1 aromatic heterocycles. The first-order valence-corrected chi connectivity index (χ1v) is 9.02. The minimum Gasteiger partial charge on any atom is -0.329 e. The highest BCUT2D eigenvalue weighted by Crippen LogP contribution is 2.32. The third-order valence-electron chi connectivity index (χ3n) is 4.26. The first-order valence-electron chi connectivity index (χ1n) is 8.20. The van der Waals surface area contributed by atoms with Crippen molar-refractivity contribution in [3.05, 3.63) is 21.9 Å². The number of hydrogen-bond acceptors (Lipinski definition) is 3. The fraction of sp³-hybridized carbons (Fsp3) is 0.778. The molecule has 0 aliphatic heterocycles. The van der Waals surface area contributed by atoms with Gasteiger partial charge in [0.25, 0.3) is 0 Å². The Bertz CT molecular complexity index is 407. The van der Waals surface area contributed by atoms with E-state index in [1.807, 2.05) is 11.3 Å². The minimum atomic E-state index is 0.223. The number of rotatable bonds is 7. The summed E-state index contributed by atoms with van der Waals surface area (Å²) < 4.78 is 0. The van der Waals surface area contributed by atoms with E-state index in [9.17, 15) is 0 Å². The van der Waals surface area contributed by atoms with E-state index in [0.29, 0.717) is 24.3 Å². The minimum absolute atomic E-state index is 0.223. The van der Waals surface area contributed by atoms with Gasteiger partial charge in [-0.2, -0.15) is 0 Å². The van der Waals surface area contributed by atoms with E-state index in [-0.39, 0.29) is 11.5 Å². The van der Waals surface area contributed by atoms with Gasteiger partial charge in [-0.3, -0.25) is 0 Å².